The molecule has 1 aliphatic rings. The number of nitrogens with two attached hydrogens (primary N) is 1. The fourth-order valence-electron chi connectivity index (χ4n) is 3.37. The molecule has 1 heterocycles. The predicted molar refractivity (Wildman–Crippen MR) is 145 cm³/mol. The average molecular weight is 549 g/mol. The van der Waals surface area contributed by atoms with Crippen LogP contribution in [0.1, 0.15) is 67.7 Å². The van der Waals surface area contributed by atoms with E-state index in [1.165, 1.54) is 0 Å². The van der Waals surface area contributed by atoms with Crippen molar-refractivity contribution in [3.63, 3.8) is 0 Å². The van der Waals surface area contributed by atoms with Crippen LogP contribution in [0.2, 0.25) is 18.1 Å². The Balaban J connectivity index is 2.45. The maximum absolute atomic E-state index is 12.7. The van der Waals surface area contributed by atoms with E-state index in [1.807, 2.05) is 13.8 Å². The zero-order chi connectivity index (χ0) is 27.9. The molecular weight excluding hydrogens is 500 g/mol. The van der Waals surface area contributed by atoms with Gasteiger partial charge in [-0.25, -0.2) is 0 Å². The molecule has 11 heteroatoms. The summed E-state index contributed by atoms with van der Waals surface area (Å²) in [5, 5.41) is 12.5. The molecule has 0 spiro atoms. The van der Waals surface area contributed by atoms with E-state index in [1.54, 1.807) is 13.8 Å². The van der Waals surface area contributed by atoms with E-state index in [9.17, 15) is 19.5 Å². The third-order valence-electron chi connectivity index (χ3n) is 6.97. The van der Waals surface area contributed by atoms with Crippen LogP contribution in [0.5, 0.6) is 0 Å². The van der Waals surface area contributed by atoms with Crippen LogP contribution in [0.4, 0.5) is 0 Å². The molecule has 0 aromatic rings. The minimum atomic E-state index is -1.85. The van der Waals surface area contributed by atoms with Crippen LogP contribution in [0.3, 0.4) is 0 Å². The van der Waals surface area contributed by atoms with E-state index in [0.29, 0.717) is 26.1 Å². The van der Waals surface area contributed by atoms with Crippen LogP contribution in [0.15, 0.2) is 0 Å². The minimum Gasteiger partial charge on any atom is -0.481 e. The second-order valence-corrected chi connectivity index (χ2v) is 18.1. The number of thioether (sulfide) groups is 1. The van der Waals surface area contributed by atoms with Gasteiger partial charge in [0.2, 0.25) is 5.91 Å². The van der Waals surface area contributed by atoms with Crippen molar-refractivity contribution in [1.29, 1.82) is 0 Å². The van der Waals surface area contributed by atoms with Crippen molar-refractivity contribution in [3.05, 3.63) is 0 Å². The summed E-state index contributed by atoms with van der Waals surface area (Å²) in [5.41, 5.74) is 5.65. The fourth-order valence-corrected chi connectivity index (χ4v) is 5.50. The molecule has 1 amide bonds. The molecule has 0 aromatic carbocycles. The Morgan fingerprint density at radius 1 is 1.22 bits per heavy atom. The van der Waals surface area contributed by atoms with Crippen molar-refractivity contribution in [3.8, 4) is 0 Å². The van der Waals surface area contributed by atoms with Gasteiger partial charge < -0.3 is 30.1 Å². The Kier molecular flexibility index (Phi) is 12.1. The van der Waals surface area contributed by atoms with Crippen molar-refractivity contribution >= 4 is 37.1 Å². The molecule has 0 bridgehead atoms. The molecular formula is C25H48N2O7SSi. The predicted octanol–water partition coefficient (Wildman–Crippen LogP) is 3.76. The van der Waals surface area contributed by atoms with Gasteiger partial charge in [-0.2, -0.15) is 0 Å². The quantitative estimate of drug-likeness (QED) is 0.232. The van der Waals surface area contributed by atoms with Gasteiger partial charge in [-0.15, -0.1) is 0 Å². The van der Waals surface area contributed by atoms with Crippen molar-refractivity contribution in [2.45, 2.75) is 104 Å². The maximum atomic E-state index is 12.7. The fraction of sp³-hybridized carbons (Fsp3) is 0.880. The Morgan fingerprint density at radius 3 is 2.39 bits per heavy atom. The summed E-state index contributed by atoms with van der Waals surface area (Å²) in [4.78, 5) is 36.8. The number of rotatable bonds is 13. The van der Waals surface area contributed by atoms with Crippen molar-refractivity contribution < 1.29 is 33.4 Å². The monoisotopic (exact) mass is 548 g/mol. The first-order chi connectivity index (χ1) is 16.3. The molecule has 36 heavy (non-hydrogen) atoms. The smallest absolute Gasteiger partial charge is 0.308 e. The second-order valence-electron chi connectivity index (χ2n) is 12.3. The Labute approximate surface area is 222 Å². The number of hydrogen-bond acceptors (Lipinski definition) is 8. The third-order valence-corrected chi connectivity index (χ3v) is 12.6. The number of carboxylic acid groups (broad SMARTS) is 1. The summed E-state index contributed by atoms with van der Waals surface area (Å²) < 4.78 is 17.6. The van der Waals surface area contributed by atoms with Crippen molar-refractivity contribution in [2.75, 3.05) is 25.5 Å². The van der Waals surface area contributed by atoms with Gasteiger partial charge in [0.1, 0.15) is 6.10 Å². The van der Waals surface area contributed by atoms with E-state index in [4.69, 9.17) is 19.6 Å². The molecule has 0 aliphatic carbocycles. The van der Waals surface area contributed by atoms with E-state index < -0.39 is 43.6 Å². The molecule has 0 saturated carbocycles. The lowest BCUT2D eigenvalue weighted by atomic mass is 9.85. The summed E-state index contributed by atoms with van der Waals surface area (Å²) in [6, 6.07) is -0.704. The highest BCUT2D eigenvalue weighted by Crippen LogP contribution is 2.37. The van der Waals surface area contributed by atoms with Gasteiger partial charge in [0.15, 0.2) is 19.2 Å². The first-order valence-corrected chi connectivity index (χ1v) is 16.6. The molecule has 1 fully saturated rings. The number of aliphatic carboxylic acids is 1. The molecule has 1 aliphatic heterocycles. The molecule has 4 N–H and O–H groups in total. The van der Waals surface area contributed by atoms with Gasteiger partial charge in [-0.05, 0) is 44.8 Å². The number of ether oxygens (including phenoxy) is 2. The molecule has 1 unspecified atom stereocenters. The lowest BCUT2D eigenvalue weighted by Crippen LogP contribution is -2.56. The van der Waals surface area contributed by atoms with Crippen LogP contribution in [-0.2, 0) is 28.3 Å². The standard InChI is InChI=1S/C25H48N2O7SSi/c1-23(2,3)36(8,9)33-14-10-11-19(28)35-15-17(22(30)31)18(26)12-13-27-21(29)20-24(4,5)16-32-25(6,7)34-20/h17-18,20H,10-16,26H2,1-9H3,(H,27,29)(H,30,31)/t17-,18?,20+/m1/s1. The van der Waals surface area contributed by atoms with Crippen LogP contribution >= 0.6 is 11.8 Å². The Morgan fingerprint density at radius 2 is 1.83 bits per heavy atom. The maximum Gasteiger partial charge on any atom is 0.308 e. The summed E-state index contributed by atoms with van der Waals surface area (Å²) in [6.07, 6.45) is 0.510. The van der Waals surface area contributed by atoms with Crippen molar-refractivity contribution in [1.82, 2.24) is 5.32 Å². The largest absolute Gasteiger partial charge is 0.481 e. The van der Waals surface area contributed by atoms with Gasteiger partial charge in [-0.1, -0.05) is 46.4 Å². The number of carbonyl (C=O) groups excluding carboxylic acids is 2. The molecule has 1 rings (SSSR count). The summed E-state index contributed by atoms with van der Waals surface area (Å²) in [6.45, 7) is 19.3. The number of hydrogen-bond donors (Lipinski definition) is 3. The SMILES string of the molecule is CC1(C)OCC(C)(C)[C@H](C(=O)NCCC(N)[C@@H](CSC(=O)CCCO[Si](C)(C)C(C)(C)C)C(=O)O)O1. The van der Waals surface area contributed by atoms with Gasteiger partial charge in [0, 0.05) is 36.8 Å². The zero-order valence-electron chi connectivity index (χ0n) is 23.6. The van der Waals surface area contributed by atoms with E-state index >= 15 is 0 Å². The number of nitrogens with one attached hydrogen (secondary N) is 1. The third kappa shape index (κ3) is 10.4. The van der Waals surface area contributed by atoms with Gasteiger partial charge in [-0.3, -0.25) is 14.4 Å². The first kappa shape index (κ1) is 33.0. The average Bonchev–Trinajstić information content (AvgIpc) is 2.72. The summed E-state index contributed by atoms with van der Waals surface area (Å²) >= 11 is 1.00. The minimum absolute atomic E-state index is 0.0675. The Hall–Kier alpha value is -0.983. The van der Waals surface area contributed by atoms with Crippen LogP contribution in [0.25, 0.3) is 0 Å². The summed E-state index contributed by atoms with van der Waals surface area (Å²) in [7, 11) is -1.85. The Bertz CT molecular complexity index is 768. The van der Waals surface area contributed by atoms with E-state index in [-0.39, 0.29) is 34.8 Å². The van der Waals surface area contributed by atoms with Crippen LogP contribution in [-0.4, -0.2) is 73.9 Å². The second kappa shape index (κ2) is 13.2. The molecule has 9 nitrogen and oxygen atoms in total. The lowest BCUT2D eigenvalue weighted by molar-refractivity contribution is -0.304. The van der Waals surface area contributed by atoms with Crippen molar-refractivity contribution in [2.24, 2.45) is 17.1 Å². The van der Waals surface area contributed by atoms with Gasteiger partial charge in [0.25, 0.3) is 0 Å². The highest BCUT2D eigenvalue weighted by Gasteiger charge is 2.45. The van der Waals surface area contributed by atoms with Gasteiger partial charge in [0.05, 0.1) is 12.5 Å². The van der Waals surface area contributed by atoms with Crippen LogP contribution < -0.4 is 11.1 Å². The topological polar surface area (TPSA) is 137 Å². The highest BCUT2D eigenvalue weighted by atomic mass is 32.2. The zero-order valence-corrected chi connectivity index (χ0v) is 25.4. The van der Waals surface area contributed by atoms with E-state index in [0.717, 1.165) is 11.8 Å². The normalized spacial score (nSPS) is 21.4. The first-order valence-electron chi connectivity index (χ1n) is 12.7. The number of amides is 1. The molecule has 0 radical (unpaired) electrons. The van der Waals surface area contributed by atoms with Gasteiger partial charge >= 0.3 is 5.97 Å². The number of carbonyl (C=O) groups is 3. The molecule has 3 atom stereocenters. The van der Waals surface area contributed by atoms with E-state index in [2.05, 4.69) is 39.2 Å². The molecule has 1 saturated heterocycles. The molecule has 210 valence electrons. The molecule has 0 aromatic heterocycles. The number of carboxylic acids is 1. The van der Waals surface area contributed by atoms with Crippen LogP contribution in [0, 0.1) is 11.3 Å². The lowest BCUT2D eigenvalue weighted by Gasteiger charge is -2.44. The summed E-state index contributed by atoms with van der Waals surface area (Å²) in [5.74, 6) is -2.99. The highest BCUT2D eigenvalue weighted by molar-refractivity contribution is 8.13.